The summed E-state index contributed by atoms with van der Waals surface area (Å²) in [4.78, 5) is 0. The maximum Gasteiger partial charge on any atom is 0.0921 e. The number of rotatable bonds is 4. The minimum Gasteiger partial charge on any atom is -0.387 e. The molecule has 18 heavy (non-hydrogen) atoms. The molecule has 1 aliphatic carbocycles. The van der Waals surface area contributed by atoms with Gasteiger partial charge in [-0.25, -0.2) is 0 Å². The van der Waals surface area contributed by atoms with Crippen LogP contribution in [0.1, 0.15) is 37.9 Å². The van der Waals surface area contributed by atoms with Crippen molar-refractivity contribution in [1.82, 2.24) is 15.5 Å². The lowest BCUT2D eigenvalue weighted by molar-refractivity contribution is 0.133. The van der Waals surface area contributed by atoms with E-state index in [2.05, 4.69) is 22.4 Å². The molecule has 0 radical (unpaired) electrons. The van der Waals surface area contributed by atoms with E-state index >= 15 is 0 Å². The predicted octanol–water partition coefficient (Wildman–Crippen LogP) is 2.13. The van der Waals surface area contributed by atoms with Gasteiger partial charge in [0.05, 0.1) is 17.8 Å². The van der Waals surface area contributed by atoms with Gasteiger partial charge in [-0.1, -0.05) is 12.1 Å². The molecule has 1 fully saturated rings. The molecule has 1 saturated carbocycles. The Bertz CT molecular complexity index is 545. The molecule has 0 saturated heterocycles. The van der Waals surface area contributed by atoms with Crippen LogP contribution in [-0.2, 0) is 0 Å². The van der Waals surface area contributed by atoms with E-state index < -0.39 is 6.10 Å². The van der Waals surface area contributed by atoms with E-state index in [1.54, 1.807) is 6.20 Å². The van der Waals surface area contributed by atoms with Gasteiger partial charge in [-0.05, 0) is 37.8 Å². The second-order valence-corrected chi connectivity index (χ2v) is 5.49. The van der Waals surface area contributed by atoms with Crippen molar-refractivity contribution in [1.29, 1.82) is 0 Å². The Labute approximate surface area is 106 Å². The Morgan fingerprint density at radius 2 is 2.33 bits per heavy atom. The lowest BCUT2D eigenvalue weighted by Crippen LogP contribution is -2.49. The van der Waals surface area contributed by atoms with Crippen molar-refractivity contribution in [3.05, 3.63) is 30.0 Å². The Morgan fingerprint density at radius 3 is 3.06 bits per heavy atom. The number of aromatic nitrogens is 2. The van der Waals surface area contributed by atoms with Gasteiger partial charge >= 0.3 is 0 Å². The first kappa shape index (κ1) is 11.7. The first-order chi connectivity index (χ1) is 8.68. The molecule has 2 aromatic rings. The van der Waals surface area contributed by atoms with E-state index in [-0.39, 0.29) is 5.54 Å². The third-order valence-electron chi connectivity index (χ3n) is 4.06. The highest BCUT2D eigenvalue weighted by molar-refractivity contribution is 5.81. The Balaban J connectivity index is 1.75. The highest BCUT2D eigenvalue weighted by Crippen LogP contribution is 2.31. The number of nitrogens with one attached hydrogen (secondary N) is 2. The molecule has 3 rings (SSSR count). The molecular formula is C14H19N3O. The van der Waals surface area contributed by atoms with Gasteiger partial charge < -0.3 is 10.4 Å². The van der Waals surface area contributed by atoms with Crippen molar-refractivity contribution >= 4 is 10.9 Å². The number of nitrogens with zero attached hydrogens (tertiary/aromatic N) is 1. The van der Waals surface area contributed by atoms with Gasteiger partial charge in [0.25, 0.3) is 0 Å². The normalized spacial score (nSPS) is 19.7. The highest BCUT2D eigenvalue weighted by atomic mass is 16.3. The Hall–Kier alpha value is -1.39. The minimum atomic E-state index is -0.483. The summed E-state index contributed by atoms with van der Waals surface area (Å²) in [7, 11) is 0. The van der Waals surface area contributed by atoms with E-state index in [0.717, 1.165) is 16.5 Å². The molecule has 1 heterocycles. The van der Waals surface area contributed by atoms with Gasteiger partial charge in [0.1, 0.15) is 0 Å². The molecule has 0 amide bonds. The summed E-state index contributed by atoms with van der Waals surface area (Å²) in [5.74, 6) is 0. The molecule has 1 aliphatic rings. The number of aliphatic hydroxyl groups is 1. The molecule has 0 aliphatic heterocycles. The SMILES string of the molecule is CC1(NC[C@H](O)c2cccc3[nH]ncc23)CCC1. The Morgan fingerprint density at radius 1 is 1.50 bits per heavy atom. The monoisotopic (exact) mass is 245 g/mol. The second kappa shape index (κ2) is 4.37. The molecule has 0 unspecified atom stereocenters. The smallest absolute Gasteiger partial charge is 0.0921 e. The average molecular weight is 245 g/mol. The number of fused-ring (bicyclic) bond motifs is 1. The molecule has 1 aromatic carbocycles. The molecule has 1 atom stereocenters. The highest BCUT2D eigenvalue weighted by Gasteiger charge is 2.31. The molecule has 0 spiro atoms. The van der Waals surface area contributed by atoms with Crippen LogP contribution in [0.2, 0.25) is 0 Å². The van der Waals surface area contributed by atoms with Gasteiger partial charge in [0.15, 0.2) is 0 Å². The quantitative estimate of drug-likeness (QED) is 0.773. The molecule has 1 aromatic heterocycles. The molecule has 3 N–H and O–H groups in total. The van der Waals surface area contributed by atoms with Gasteiger partial charge in [-0.15, -0.1) is 0 Å². The molecule has 4 nitrogen and oxygen atoms in total. The zero-order chi connectivity index (χ0) is 12.6. The van der Waals surface area contributed by atoms with Gasteiger partial charge in [-0.2, -0.15) is 5.10 Å². The summed E-state index contributed by atoms with van der Waals surface area (Å²) in [5.41, 5.74) is 2.14. The van der Waals surface area contributed by atoms with Crippen LogP contribution in [0.5, 0.6) is 0 Å². The summed E-state index contributed by atoms with van der Waals surface area (Å²) < 4.78 is 0. The third kappa shape index (κ3) is 2.02. The van der Waals surface area contributed by atoms with E-state index in [9.17, 15) is 5.11 Å². The fraction of sp³-hybridized carbons (Fsp3) is 0.500. The Kier molecular flexibility index (Phi) is 2.84. The lowest BCUT2D eigenvalue weighted by Gasteiger charge is -2.40. The van der Waals surface area contributed by atoms with Crippen molar-refractivity contribution < 1.29 is 5.11 Å². The van der Waals surface area contributed by atoms with Crippen LogP contribution < -0.4 is 5.32 Å². The number of hydrogen-bond donors (Lipinski definition) is 3. The predicted molar refractivity (Wildman–Crippen MR) is 71.3 cm³/mol. The number of H-pyrrole nitrogens is 1. The molecular weight excluding hydrogens is 226 g/mol. The first-order valence-corrected chi connectivity index (χ1v) is 6.53. The van der Waals surface area contributed by atoms with Crippen LogP contribution in [0.15, 0.2) is 24.4 Å². The topological polar surface area (TPSA) is 60.9 Å². The number of hydrogen-bond acceptors (Lipinski definition) is 3. The first-order valence-electron chi connectivity index (χ1n) is 6.53. The fourth-order valence-electron chi connectivity index (χ4n) is 2.62. The van der Waals surface area contributed by atoms with Crippen molar-refractivity contribution in [2.45, 2.75) is 37.8 Å². The minimum absolute atomic E-state index is 0.227. The van der Waals surface area contributed by atoms with Gasteiger partial charge in [-0.3, -0.25) is 5.10 Å². The van der Waals surface area contributed by atoms with E-state index in [0.29, 0.717) is 6.54 Å². The molecule has 4 heteroatoms. The average Bonchev–Trinajstić information content (AvgIpc) is 2.81. The van der Waals surface area contributed by atoms with Crippen LogP contribution in [0.25, 0.3) is 10.9 Å². The maximum absolute atomic E-state index is 10.3. The van der Waals surface area contributed by atoms with Gasteiger partial charge in [0.2, 0.25) is 0 Å². The van der Waals surface area contributed by atoms with Crippen molar-refractivity contribution in [2.75, 3.05) is 6.54 Å². The number of aliphatic hydroxyl groups excluding tert-OH is 1. The third-order valence-corrected chi connectivity index (χ3v) is 4.06. The zero-order valence-electron chi connectivity index (χ0n) is 10.6. The van der Waals surface area contributed by atoms with Crippen LogP contribution in [-0.4, -0.2) is 27.4 Å². The van der Waals surface area contributed by atoms with Crippen molar-refractivity contribution in [3.8, 4) is 0 Å². The second-order valence-electron chi connectivity index (χ2n) is 5.49. The summed E-state index contributed by atoms with van der Waals surface area (Å²) in [6, 6.07) is 5.89. The number of aromatic amines is 1. The van der Waals surface area contributed by atoms with Gasteiger partial charge in [0, 0.05) is 17.5 Å². The number of β-amino-alcohol motifs (C(OH)–C–C–N with tert-alkyl or cyclic N) is 1. The fourth-order valence-corrected chi connectivity index (χ4v) is 2.62. The molecule has 96 valence electrons. The largest absolute Gasteiger partial charge is 0.387 e. The maximum atomic E-state index is 10.3. The zero-order valence-corrected chi connectivity index (χ0v) is 10.6. The van der Waals surface area contributed by atoms with E-state index in [1.807, 2.05) is 18.2 Å². The summed E-state index contributed by atoms with van der Waals surface area (Å²) in [6.07, 6.45) is 4.99. The number of benzene rings is 1. The lowest BCUT2D eigenvalue weighted by atomic mass is 9.78. The van der Waals surface area contributed by atoms with Crippen molar-refractivity contribution in [3.63, 3.8) is 0 Å². The summed E-state index contributed by atoms with van der Waals surface area (Å²) in [6.45, 7) is 2.82. The standard InChI is InChI=1S/C14H19N3O/c1-14(6-3-7-14)15-9-13(18)10-4-2-5-12-11(10)8-16-17-12/h2,4-5,8,13,15,18H,3,6-7,9H2,1H3,(H,16,17)/t13-/m0/s1. The summed E-state index contributed by atoms with van der Waals surface area (Å²) >= 11 is 0. The molecule has 0 bridgehead atoms. The van der Waals surface area contributed by atoms with Crippen molar-refractivity contribution in [2.24, 2.45) is 0 Å². The van der Waals surface area contributed by atoms with Crippen LogP contribution in [0.4, 0.5) is 0 Å². The van der Waals surface area contributed by atoms with Crippen LogP contribution in [0, 0.1) is 0 Å². The van der Waals surface area contributed by atoms with Crippen LogP contribution in [0.3, 0.4) is 0 Å². The van der Waals surface area contributed by atoms with Crippen LogP contribution >= 0.6 is 0 Å². The van der Waals surface area contributed by atoms with E-state index in [1.165, 1.54) is 19.3 Å². The van der Waals surface area contributed by atoms with E-state index in [4.69, 9.17) is 0 Å². The summed E-state index contributed by atoms with van der Waals surface area (Å²) in [5, 5.41) is 21.7.